The van der Waals surface area contributed by atoms with E-state index in [1.54, 1.807) is 11.9 Å². The quantitative estimate of drug-likeness (QED) is 0.682. The summed E-state index contributed by atoms with van der Waals surface area (Å²) in [5.41, 5.74) is 0.369. The van der Waals surface area contributed by atoms with E-state index in [-0.39, 0.29) is 36.0 Å². The van der Waals surface area contributed by atoms with Crippen LogP contribution in [0.2, 0.25) is 0 Å². The SMILES string of the molecule is Cn1ncc2c(=O)n(CC(=O)N3CCCC3Cc3cc(F)ccc3F)cnc21. The van der Waals surface area contributed by atoms with Gasteiger partial charge in [0.15, 0.2) is 5.65 Å². The summed E-state index contributed by atoms with van der Waals surface area (Å²) in [6.07, 6.45) is 4.49. The van der Waals surface area contributed by atoms with Gasteiger partial charge in [0.2, 0.25) is 5.91 Å². The predicted octanol–water partition coefficient (Wildman–Crippen LogP) is 1.64. The zero-order valence-corrected chi connectivity index (χ0v) is 15.3. The summed E-state index contributed by atoms with van der Waals surface area (Å²) in [7, 11) is 1.69. The molecule has 4 rings (SSSR count). The van der Waals surface area contributed by atoms with E-state index < -0.39 is 11.6 Å². The number of aromatic nitrogens is 4. The van der Waals surface area contributed by atoms with Gasteiger partial charge in [-0.1, -0.05) is 0 Å². The first-order chi connectivity index (χ1) is 13.4. The Morgan fingerprint density at radius 3 is 2.96 bits per heavy atom. The van der Waals surface area contributed by atoms with Gasteiger partial charge in [-0.15, -0.1) is 0 Å². The van der Waals surface area contributed by atoms with Crippen molar-refractivity contribution in [1.29, 1.82) is 0 Å². The van der Waals surface area contributed by atoms with Gasteiger partial charge in [0, 0.05) is 19.6 Å². The molecule has 3 heterocycles. The van der Waals surface area contributed by atoms with Crippen molar-refractivity contribution < 1.29 is 13.6 Å². The molecule has 0 radical (unpaired) electrons. The highest BCUT2D eigenvalue weighted by atomic mass is 19.1. The normalized spacial score (nSPS) is 16.8. The average Bonchev–Trinajstić information content (AvgIpc) is 3.28. The fourth-order valence-electron chi connectivity index (χ4n) is 3.75. The van der Waals surface area contributed by atoms with Crippen LogP contribution >= 0.6 is 0 Å². The molecule has 0 N–H and O–H groups in total. The summed E-state index contributed by atoms with van der Waals surface area (Å²) in [6.45, 7) is 0.372. The molecule has 28 heavy (non-hydrogen) atoms. The lowest BCUT2D eigenvalue weighted by molar-refractivity contribution is -0.132. The molecule has 1 aromatic carbocycles. The Labute approximate surface area is 159 Å². The number of halogens is 2. The molecular weight excluding hydrogens is 368 g/mol. The highest BCUT2D eigenvalue weighted by molar-refractivity contribution is 5.78. The Morgan fingerprint density at radius 2 is 2.14 bits per heavy atom. The van der Waals surface area contributed by atoms with Crippen LogP contribution < -0.4 is 5.56 Å². The van der Waals surface area contributed by atoms with Crippen molar-refractivity contribution in [1.82, 2.24) is 24.2 Å². The summed E-state index contributed by atoms with van der Waals surface area (Å²) < 4.78 is 30.2. The largest absolute Gasteiger partial charge is 0.338 e. The van der Waals surface area contributed by atoms with Crippen LogP contribution in [0, 0.1) is 11.6 Å². The van der Waals surface area contributed by atoms with E-state index in [0.717, 1.165) is 18.6 Å². The van der Waals surface area contributed by atoms with E-state index in [0.29, 0.717) is 24.0 Å². The van der Waals surface area contributed by atoms with Crippen LogP contribution in [0.1, 0.15) is 18.4 Å². The van der Waals surface area contributed by atoms with Crippen molar-refractivity contribution in [2.24, 2.45) is 7.05 Å². The lowest BCUT2D eigenvalue weighted by Gasteiger charge is -2.25. The third kappa shape index (κ3) is 3.28. The second-order valence-corrected chi connectivity index (χ2v) is 7.01. The van der Waals surface area contributed by atoms with E-state index >= 15 is 0 Å². The third-order valence-electron chi connectivity index (χ3n) is 5.18. The highest BCUT2D eigenvalue weighted by Gasteiger charge is 2.30. The molecular formula is C19H19F2N5O2. The van der Waals surface area contributed by atoms with Crippen LogP contribution in [0.3, 0.4) is 0 Å². The number of rotatable bonds is 4. The first kappa shape index (κ1) is 18.3. The second-order valence-electron chi connectivity index (χ2n) is 7.01. The van der Waals surface area contributed by atoms with E-state index in [4.69, 9.17) is 0 Å². The van der Waals surface area contributed by atoms with Crippen LogP contribution in [-0.4, -0.2) is 42.7 Å². The number of benzene rings is 1. The first-order valence-electron chi connectivity index (χ1n) is 9.04. The molecule has 1 fully saturated rings. The molecule has 0 aliphatic carbocycles. The van der Waals surface area contributed by atoms with E-state index in [1.807, 2.05) is 0 Å². The van der Waals surface area contributed by atoms with Gasteiger partial charge >= 0.3 is 0 Å². The van der Waals surface area contributed by atoms with Gasteiger partial charge in [-0.25, -0.2) is 13.8 Å². The number of aryl methyl sites for hydroxylation is 1. The smallest absolute Gasteiger partial charge is 0.264 e. The van der Waals surface area contributed by atoms with Crippen LogP contribution in [0.4, 0.5) is 8.78 Å². The average molecular weight is 387 g/mol. The summed E-state index contributed by atoms with van der Waals surface area (Å²) >= 11 is 0. The zero-order valence-electron chi connectivity index (χ0n) is 15.3. The van der Waals surface area contributed by atoms with Gasteiger partial charge in [0.05, 0.1) is 6.20 Å². The molecule has 0 bridgehead atoms. The van der Waals surface area contributed by atoms with Gasteiger partial charge in [0.1, 0.15) is 29.9 Å². The maximum absolute atomic E-state index is 14.0. The molecule has 9 heteroatoms. The maximum Gasteiger partial charge on any atom is 0.264 e. The van der Waals surface area contributed by atoms with E-state index in [2.05, 4.69) is 10.1 Å². The molecule has 1 amide bonds. The molecule has 1 aliphatic heterocycles. The molecule has 146 valence electrons. The van der Waals surface area contributed by atoms with Crippen LogP contribution in [-0.2, 0) is 24.8 Å². The number of amides is 1. The number of carbonyl (C=O) groups excluding carboxylic acids is 1. The first-order valence-corrected chi connectivity index (χ1v) is 9.04. The molecule has 7 nitrogen and oxygen atoms in total. The van der Waals surface area contributed by atoms with Crippen molar-refractivity contribution in [2.45, 2.75) is 31.8 Å². The Kier molecular flexibility index (Phi) is 4.66. The van der Waals surface area contributed by atoms with Crippen molar-refractivity contribution in [2.75, 3.05) is 6.54 Å². The van der Waals surface area contributed by atoms with Crippen molar-refractivity contribution in [3.05, 3.63) is 58.3 Å². The minimum Gasteiger partial charge on any atom is -0.338 e. The van der Waals surface area contributed by atoms with Crippen molar-refractivity contribution in [3.63, 3.8) is 0 Å². The minimum absolute atomic E-state index is 0.154. The predicted molar refractivity (Wildman–Crippen MR) is 97.6 cm³/mol. The lowest BCUT2D eigenvalue weighted by Crippen LogP contribution is -2.40. The van der Waals surface area contributed by atoms with Crippen molar-refractivity contribution >= 4 is 16.9 Å². The lowest BCUT2D eigenvalue weighted by atomic mass is 10.0. The number of fused-ring (bicyclic) bond motifs is 1. The second kappa shape index (κ2) is 7.14. The topological polar surface area (TPSA) is 73.0 Å². The van der Waals surface area contributed by atoms with Crippen LogP contribution in [0.15, 0.2) is 35.5 Å². The Balaban J connectivity index is 1.53. The summed E-state index contributed by atoms with van der Waals surface area (Å²) in [6, 6.07) is 3.11. The van der Waals surface area contributed by atoms with Gasteiger partial charge < -0.3 is 4.90 Å². The van der Waals surface area contributed by atoms with Gasteiger partial charge in [-0.3, -0.25) is 18.8 Å². The zero-order chi connectivity index (χ0) is 19.8. The van der Waals surface area contributed by atoms with Crippen LogP contribution in [0.25, 0.3) is 11.0 Å². The van der Waals surface area contributed by atoms with Gasteiger partial charge in [-0.2, -0.15) is 5.10 Å². The maximum atomic E-state index is 14.0. The fraction of sp³-hybridized carbons (Fsp3) is 0.368. The molecule has 1 saturated heterocycles. The molecule has 1 aliphatic rings. The molecule has 2 aromatic heterocycles. The minimum atomic E-state index is -0.505. The summed E-state index contributed by atoms with van der Waals surface area (Å²) in [5.74, 6) is -1.23. The third-order valence-corrected chi connectivity index (χ3v) is 5.18. The summed E-state index contributed by atoms with van der Waals surface area (Å²) in [4.78, 5) is 31.2. The number of hydrogen-bond acceptors (Lipinski definition) is 4. The number of hydrogen-bond donors (Lipinski definition) is 0. The number of nitrogens with zero attached hydrogens (tertiary/aromatic N) is 5. The Morgan fingerprint density at radius 1 is 1.32 bits per heavy atom. The molecule has 3 aromatic rings. The van der Waals surface area contributed by atoms with E-state index in [9.17, 15) is 18.4 Å². The molecule has 0 saturated carbocycles. The molecule has 0 spiro atoms. The fourth-order valence-corrected chi connectivity index (χ4v) is 3.75. The van der Waals surface area contributed by atoms with Gasteiger partial charge in [0.25, 0.3) is 5.56 Å². The Hall–Kier alpha value is -3.10. The molecule has 1 unspecified atom stereocenters. The van der Waals surface area contributed by atoms with E-state index in [1.165, 1.54) is 27.8 Å². The summed E-state index contributed by atoms with van der Waals surface area (Å²) in [5, 5.41) is 4.35. The molecule has 1 atom stereocenters. The highest BCUT2D eigenvalue weighted by Crippen LogP contribution is 2.23. The van der Waals surface area contributed by atoms with Gasteiger partial charge in [-0.05, 0) is 43.0 Å². The number of likely N-dealkylation sites (tertiary alicyclic amines) is 1. The number of carbonyl (C=O) groups is 1. The Bertz CT molecular complexity index is 1110. The van der Waals surface area contributed by atoms with Crippen LogP contribution in [0.5, 0.6) is 0 Å². The van der Waals surface area contributed by atoms with Crippen molar-refractivity contribution in [3.8, 4) is 0 Å². The standard InChI is InChI=1S/C19H19F2N5O2/c1-24-18-15(9-23-24)19(28)25(11-22-18)10-17(27)26-6-2-3-14(26)8-12-7-13(20)4-5-16(12)21/h4-5,7,9,11,14H,2-3,6,8,10H2,1H3. The monoisotopic (exact) mass is 387 g/mol.